The Labute approximate surface area is 58.7 Å². The topological polar surface area (TPSA) is 31.5 Å². The van der Waals surface area contributed by atoms with E-state index in [1.54, 1.807) is 0 Å². The molecule has 0 saturated heterocycles. The van der Waals surface area contributed by atoms with E-state index < -0.39 is 0 Å². The van der Waals surface area contributed by atoms with Crippen molar-refractivity contribution in [2.75, 3.05) is 0 Å². The van der Waals surface area contributed by atoms with E-state index in [2.05, 4.69) is 0 Å². The maximum Gasteiger partial charge on any atom is 0 e. The Morgan fingerprint density at radius 1 is 1.00 bits per heavy atom. The van der Waals surface area contributed by atoms with Gasteiger partial charge in [0, 0.05) is 16.5 Å². The summed E-state index contributed by atoms with van der Waals surface area (Å²) in [7, 11) is 0. The molecule has 0 aromatic heterocycles. The minimum absolute atomic E-state index is 0. The first-order valence-corrected chi connectivity index (χ1v) is 0. The van der Waals surface area contributed by atoms with E-state index in [0.29, 0.717) is 0 Å². The van der Waals surface area contributed by atoms with Gasteiger partial charge in [-0.2, -0.15) is 0 Å². The SMILES string of the molecule is C.O.[NaH].[Ni]. The second-order valence-corrected chi connectivity index (χ2v) is 0. The minimum Gasteiger partial charge on any atom is 0 e. The predicted molar refractivity (Wildman–Crippen MR) is 17.5 cm³/mol. The van der Waals surface area contributed by atoms with Gasteiger partial charge < -0.3 is 5.48 Å². The Bertz CT molecular complexity index is 8.00. The molecule has 0 radical (unpaired) electrons. The Morgan fingerprint density at radius 3 is 1.00 bits per heavy atom. The van der Waals surface area contributed by atoms with Crippen molar-refractivity contribution in [3.05, 3.63) is 0 Å². The molecule has 4 heavy (non-hydrogen) atoms. The van der Waals surface area contributed by atoms with Crippen molar-refractivity contribution in [3.63, 3.8) is 0 Å². The Balaban J connectivity index is 0. The molecule has 0 aliphatic carbocycles. The number of hydrogen-bond donors (Lipinski definition) is 0. The van der Waals surface area contributed by atoms with Crippen LogP contribution in [0.1, 0.15) is 7.43 Å². The van der Waals surface area contributed by atoms with Gasteiger partial charge in [-0.1, -0.05) is 7.43 Å². The summed E-state index contributed by atoms with van der Waals surface area (Å²) in [6.07, 6.45) is 0. The fourth-order valence-corrected chi connectivity index (χ4v) is 0. The molecule has 0 bridgehead atoms. The molecule has 0 aliphatic rings. The molecule has 28 valence electrons. The average Bonchev–Trinajstić information content (AvgIpc) is 0. The Hall–Kier alpha value is 1.45. The van der Waals surface area contributed by atoms with E-state index in [1.807, 2.05) is 0 Å². The van der Waals surface area contributed by atoms with Gasteiger partial charge in [-0.3, -0.25) is 0 Å². The third-order valence-electron chi connectivity index (χ3n) is 0. The molecule has 0 aromatic rings. The van der Waals surface area contributed by atoms with Crippen LogP contribution in [0.4, 0.5) is 0 Å². The molecule has 0 aromatic carbocycles. The van der Waals surface area contributed by atoms with Gasteiger partial charge in [0.25, 0.3) is 0 Å². The van der Waals surface area contributed by atoms with E-state index in [0.717, 1.165) is 0 Å². The smallest absolute Gasteiger partial charge is 0 e. The zero-order chi connectivity index (χ0) is 0. The molecule has 0 spiro atoms. The molecule has 0 heterocycles. The van der Waals surface area contributed by atoms with Crippen molar-refractivity contribution in [2.45, 2.75) is 7.43 Å². The van der Waals surface area contributed by atoms with Crippen LogP contribution in [-0.4, -0.2) is 35.0 Å². The molecule has 2 N–H and O–H groups in total. The molecule has 0 aliphatic heterocycles. The van der Waals surface area contributed by atoms with E-state index in [-0.39, 0.29) is 59.0 Å². The third-order valence-corrected chi connectivity index (χ3v) is 0. The van der Waals surface area contributed by atoms with Gasteiger partial charge in [-0.15, -0.1) is 0 Å². The first-order valence-electron chi connectivity index (χ1n) is 0. The molecular weight excluding hydrogens is 110 g/mol. The maximum atomic E-state index is 0. The van der Waals surface area contributed by atoms with Crippen molar-refractivity contribution >= 4 is 29.6 Å². The van der Waals surface area contributed by atoms with Gasteiger partial charge in [-0.05, 0) is 0 Å². The van der Waals surface area contributed by atoms with Crippen molar-refractivity contribution in [3.8, 4) is 0 Å². The summed E-state index contributed by atoms with van der Waals surface area (Å²) in [4.78, 5) is 0. The van der Waals surface area contributed by atoms with E-state index in [9.17, 15) is 0 Å². The van der Waals surface area contributed by atoms with Gasteiger partial charge >= 0.3 is 29.6 Å². The first-order chi connectivity index (χ1) is 0. The fourth-order valence-electron chi connectivity index (χ4n) is 0. The summed E-state index contributed by atoms with van der Waals surface area (Å²) in [5.41, 5.74) is 0. The molecule has 0 atom stereocenters. The molecule has 0 rings (SSSR count). The number of hydrogen-bond acceptors (Lipinski definition) is 0. The van der Waals surface area contributed by atoms with Gasteiger partial charge in [0.1, 0.15) is 0 Å². The van der Waals surface area contributed by atoms with Crippen molar-refractivity contribution in [1.29, 1.82) is 0 Å². The van der Waals surface area contributed by atoms with Gasteiger partial charge in [0.2, 0.25) is 0 Å². The van der Waals surface area contributed by atoms with Crippen LogP contribution in [0, 0.1) is 0 Å². The maximum absolute atomic E-state index is 0. The standard InChI is InChI=1S/CH4.Na.Ni.H2O.H/h1H4;;;1H2;. The Kier molecular flexibility index (Phi) is 322. The monoisotopic (exact) mass is 116 g/mol. The molecule has 0 amide bonds. The summed E-state index contributed by atoms with van der Waals surface area (Å²) in [5.74, 6) is 0. The second-order valence-electron chi connectivity index (χ2n) is 0. The van der Waals surface area contributed by atoms with Crippen LogP contribution >= 0.6 is 0 Å². The van der Waals surface area contributed by atoms with Crippen LogP contribution in [0.2, 0.25) is 0 Å². The second kappa shape index (κ2) is 25.1. The van der Waals surface area contributed by atoms with Crippen molar-refractivity contribution in [1.82, 2.24) is 0 Å². The summed E-state index contributed by atoms with van der Waals surface area (Å²) in [5, 5.41) is 0. The minimum atomic E-state index is 0. The van der Waals surface area contributed by atoms with E-state index >= 15 is 0 Å². The fraction of sp³-hybridized carbons (Fsp3) is 1.00. The summed E-state index contributed by atoms with van der Waals surface area (Å²) < 4.78 is 0. The van der Waals surface area contributed by atoms with Crippen LogP contribution < -0.4 is 0 Å². The largest absolute Gasteiger partial charge is 0 e. The molecular formula is CH7NaNiO. The summed E-state index contributed by atoms with van der Waals surface area (Å²) in [6.45, 7) is 0. The zero-order valence-electron chi connectivity index (χ0n) is 0.816. The van der Waals surface area contributed by atoms with Crippen LogP contribution in [0.5, 0.6) is 0 Å². The van der Waals surface area contributed by atoms with Gasteiger partial charge in [0.05, 0.1) is 0 Å². The van der Waals surface area contributed by atoms with Crippen molar-refractivity contribution < 1.29 is 22.0 Å². The Morgan fingerprint density at radius 2 is 1.00 bits per heavy atom. The molecule has 1 nitrogen and oxygen atoms in total. The molecule has 0 fully saturated rings. The zero-order valence-corrected chi connectivity index (χ0v) is 1.80. The van der Waals surface area contributed by atoms with Gasteiger partial charge in [0.15, 0.2) is 0 Å². The molecule has 0 saturated carbocycles. The third kappa shape index (κ3) is 9.84. The number of rotatable bonds is 0. The van der Waals surface area contributed by atoms with Crippen LogP contribution in [0.15, 0.2) is 0 Å². The molecule has 3 heteroatoms. The first kappa shape index (κ1) is 51.2. The van der Waals surface area contributed by atoms with E-state index in [1.165, 1.54) is 0 Å². The van der Waals surface area contributed by atoms with Gasteiger partial charge in [-0.25, -0.2) is 0 Å². The average molecular weight is 117 g/mol. The summed E-state index contributed by atoms with van der Waals surface area (Å²) in [6, 6.07) is 0. The van der Waals surface area contributed by atoms with E-state index in [4.69, 9.17) is 0 Å². The van der Waals surface area contributed by atoms with Crippen LogP contribution in [0.3, 0.4) is 0 Å². The quantitative estimate of drug-likeness (QED) is 0.370. The summed E-state index contributed by atoms with van der Waals surface area (Å²) >= 11 is 0. The van der Waals surface area contributed by atoms with Crippen LogP contribution in [-0.2, 0) is 16.5 Å². The van der Waals surface area contributed by atoms with Crippen molar-refractivity contribution in [2.24, 2.45) is 0 Å². The van der Waals surface area contributed by atoms with Crippen LogP contribution in [0.25, 0.3) is 0 Å². The predicted octanol–water partition coefficient (Wildman–Crippen LogP) is -0.840. The molecule has 0 unspecified atom stereocenters. The normalized spacial score (nSPS) is 0.